The standard InChI is InChI=1S/C23H20F2N6O2/c1-13-9-15(3-8-18(13)25)11-26-21(32)19-10-20(31-23(30-19)27-12-28-31)22(33)29-14(2)16-4-6-17(24)7-5-16/h3-10,12,14H,11H2,1-2H3,(H,26,32)(H,29,33)/t14-/m0/s1. The Morgan fingerprint density at radius 3 is 2.55 bits per heavy atom. The SMILES string of the molecule is Cc1cc(CNC(=O)c2cc(C(=O)N[C@@H](C)c3ccc(F)cc3)n3ncnc3n2)ccc1F. The second-order valence-corrected chi connectivity index (χ2v) is 7.51. The highest BCUT2D eigenvalue weighted by molar-refractivity contribution is 5.98. The summed E-state index contributed by atoms with van der Waals surface area (Å²) in [7, 11) is 0. The lowest BCUT2D eigenvalue weighted by atomic mass is 10.1. The third kappa shape index (κ3) is 4.84. The number of nitrogens with zero attached hydrogens (tertiary/aromatic N) is 4. The van der Waals surface area contributed by atoms with E-state index in [-0.39, 0.29) is 35.3 Å². The van der Waals surface area contributed by atoms with Crippen LogP contribution in [0.15, 0.2) is 54.9 Å². The number of hydrogen-bond donors (Lipinski definition) is 2. The number of nitrogens with one attached hydrogen (secondary N) is 2. The topological polar surface area (TPSA) is 101 Å². The lowest BCUT2D eigenvalue weighted by Gasteiger charge is -2.15. The number of carbonyl (C=O) groups excluding carboxylic acids is 2. The van der Waals surface area contributed by atoms with Crippen LogP contribution in [0.3, 0.4) is 0 Å². The van der Waals surface area contributed by atoms with E-state index in [1.807, 2.05) is 0 Å². The fraction of sp³-hybridized carbons (Fsp3) is 0.174. The van der Waals surface area contributed by atoms with Gasteiger partial charge in [0, 0.05) is 12.6 Å². The Labute approximate surface area is 187 Å². The Morgan fingerprint density at radius 2 is 1.82 bits per heavy atom. The van der Waals surface area contributed by atoms with Crippen LogP contribution in [0.1, 0.15) is 50.6 Å². The summed E-state index contributed by atoms with van der Waals surface area (Å²) in [5.74, 6) is -1.65. The summed E-state index contributed by atoms with van der Waals surface area (Å²) in [5.41, 5.74) is 1.94. The molecule has 0 unspecified atom stereocenters. The predicted molar refractivity (Wildman–Crippen MR) is 115 cm³/mol. The smallest absolute Gasteiger partial charge is 0.270 e. The van der Waals surface area contributed by atoms with Gasteiger partial charge in [-0.2, -0.15) is 14.6 Å². The van der Waals surface area contributed by atoms with E-state index < -0.39 is 17.9 Å². The maximum Gasteiger partial charge on any atom is 0.270 e. The Morgan fingerprint density at radius 1 is 1.06 bits per heavy atom. The van der Waals surface area contributed by atoms with Crippen molar-refractivity contribution in [1.29, 1.82) is 0 Å². The molecule has 33 heavy (non-hydrogen) atoms. The average Bonchev–Trinajstić information content (AvgIpc) is 3.28. The van der Waals surface area contributed by atoms with Crippen LogP contribution in [-0.2, 0) is 6.54 Å². The first-order valence-corrected chi connectivity index (χ1v) is 10.1. The first-order valence-electron chi connectivity index (χ1n) is 10.1. The molecule has 0 saturated carbocycles. The van der Waals surface area contributed by atoms with E-state index in [0.717, 1.165) is 5.56 Å². The van der Waals surface area contributed by atoms with Gasteiger partial charge in [-0.25, -0.2) is 13.8 Å². The second-order valence-electron chi connectivity index (χ2n) is 7.51. The first-order chi connectivity index (χ1) is 15.8. The van der Waals surface area contributed by atoms with Crippen molar-refractivity contribution in [1.82, 2.24) is 30.2 Å². The van der Waals surface area contributed by atoms with Crippen molar-refractivity contribution in [3.63, 3.8) is 0 Å². The first kappa shape index (κ1) is 22.0. The molecule has 0 fully saturated rings. The van der Waals surface area contributed by atoms with Crippen molar-refractivity contribution >= 4 is 17.6 Å². The van der Waals surface area contributed by atoms with Crippen LogP contribution in [0, 0.1) is 18.6 Å². The van der Waals surface area contributed by atoms with E-state index in [9.17, 15) is 18.4 Å². The predicted octanol–water partition coefficient (Wildman–Crippen LogP) is 3.13. The number of amides is 2. The van der Waals surface area contributed by atoms with Gasteiger partial charge < -0.3 is 10.6 Å². The molecule has 2 aromatic carbocycles. The number of rotatable bonds is 6. The summed E-state index contributed by atoms with van der Waals surface area (Å²) in [6, 6.07) is 11.2. The highest BCUT2D eigenvalue weighted by atomic mass is 19.1. The van der Waals surface area contributed by atoms with Gasteiger partial charge in [-0.1, -0.05) is 24.3 Å². The molecule has 4 aromatic rings. The summed E-state index contributed by atoms with van der Waals surface area (Å²) in [6.45, 7) is 3.55. The third-order valence-electron chi connectivity index (χ3n) is 5.11. The van der Waals surface area contributed by atoms with Crippen LogP contribution in [0.4, 0.5) is 8.78 Å². The summed E-state index contributed by atoms with van der Waals surface area (Å²) in [6.07, 6.45) is 1.23. The van der Waals surface area contributed by atoms with Crippen molar-refractivity contribution in [2.45, 2.75) is 26.4 Å². The van der Waals surface area contributed by atoms with Gasteiger partial charge in [0.2, 0.25) is 0 Å². The molecule has 168 valence electrons. The molecule has 0 aliphatic heterocycles. The second kappa shape index (κ2) is 9.11. The molecule has 2 N–H and O–H groups in total. The molecule has 1 atom stereocenters. The maximum absolute atomic E-state index is 13.4. The molecule has 0 spiro atoms. The molecule has 0 saturated heterocycles. The number of fused-ring (bicyclic) bond motifs is 1. The molecule has 2 aromatic heterocycles. The fourth-order valence-electron chi connectivity index (χ4n) is 3.29. The van der Waals surface area contributed by atoms with E-state index in [1.54, 1.807) is 38.1 Å². The van der Waals surface area contributed by atoms with Crippen LogP contribution in [0.25, 0.3) is 5.78 Å². The van der Waals surface area contributed by atoms with Crippen LogP contribution in [0.2, 0.25) is 0 Å². The minimum Gasteiger partial charge on any atom is -0.347 e. The van der Waals surface area contributed by atoms with E-state index in [1.165, 1.54) is 35.1 Å². The van der Waals surface area contributed by atoms with E-state index in [2.05, 4.69) is 25.7 Å². The highest BCUT2D eigenvalue weighted by Gasteiger charge is 2.20. The van der Waals surface area contributed by atoms with Gasteiger partial charge in [0.1, 0.15) is 29.3 Å². The average molecular weight is 450 g/mol. The zero-order valence-electron chi connectivity index (χ0n) is 17.8. The summed E-state index contributed by atoms with van der Waals surface area (Å²) in [5, 5.41) is 9.52. The quantitative estimate of drug-likeness (QED) is 0.470. The van der Waals surface area contributed by atoms with Gasteiger partial charge in [-0.15, -0.1) is 0 Å². The van der Waals surface area contributed by atoms with Crippen LogP contribution in [-0.4, -0.2) is 31.4 Å². The summed E-state index contributed by atoms with van der Waals surface area (Å²) >= 11 is 0. The van der Waals surface area contributed by atoms with E-state index in [0.29, 0.717) is 11.1 Å². The molecular formula is C23H20F2N6O2. The molecule has 4 rings (SSSR count). The van der Waals surface area contributed by atoms with Gasteiger partial charge >= 0.3 is 0 Å². The van der Waals surface area contributed by atoms with E-state index >= 15 is 0 Å². The molecular weight excluding hydrogens is 430 g/mol. The van der Waals surface area contributed by atoms with Crippen LogP contribution >= 0.6 is 0 Å². The number of aryl methyl sites for hydroxylation is 1. The zero-order chi connectivity index (χ0) is 23.5. The fourth-order valence-corrected chi connectivity index (χ4v) is 3.29. The Kier molecular flexibility index (Phi) is 6.07. The highest BCUT2D eigenvalue weighted by Crippen LogP contribution is 2.15. The molecule has 0 radical (unpaired) electrons. The van der Waals surface area contributed by atoms with Gasteiger partial charge in [0.05, 0.1) is 6.04 Å². The lowest BCUT2D eigenvalue weighted by Crippen LogP contribution is -2.30. The van der Waals surface area contributed by atoms with Crippen LogP contribution < -0.4 is 10.6 Å². The van der Waals surface area contributed by atoms with Gasteiger partial charge in [0.25, 0.3) is 17.6 Å². The monoisotopic (exact) mass is 450 g/mol. The van der Waals surface area contributed by atoms with Crippen LogP contribution in [0.5, 0.6) is 0 Å². The number of carbonyl (C=O) groups is 2. The molecule has 2 amide bonds. The normalized spacial score (nSPS) is 11.9. The van der Waals surface area contributed by atoms with Gasteiger partial charge in [0.15, 0.2) is 0 Å². The lowest BCUT2D eigenvalue weighted by molar-refractivity contribution is 0.0932. The molecule has 8 nitrogen and oxygen atoms in total. The maximum atomic E-state index is 13.4. The van der Waals surface area contributed by atoms with Crippen molar-refractivity contribution < 1.29 is 18.4 Å². The summed E-state index contributed by atoms with van der Waals surface area (Å²) in [4.78, 5) is 33.8. The minimum absolute atomic E-state index is 0.0195. The van der Waals surface area contributed by atoms with E-state index in [4.69, 9.17) is 0 Å². The number of benzene rings is 2. The van der Waals surface area contributed by atoms with Crippen molar-refractivity contribution in [2.75, 3.05) is 0 Å². The van der Waals surface area contributed by atoms with Gasteiger partial charge in [-0.3, -0.25) is 9.59 Å². The molecule has 10 heteroatoms. The Balaban J connectivity index is 1.54. The largest absolute Gasteiger partial charge is 0.347 e. The number of aromatic nitrogens is 4. The Hall–Kier alpha value is -4.21. The number of halogens is 2. The van der Waals surface area contributed by atoms with Crippen molar-refractivity contribution in [3.8, 4) is 0 Å². The minimum atomic E-state index is -0.525. The molecule has 0 aliphatic rings. The van der Waals surface area contributed by atoms with Crippen molar-refractivity contribution in [2.24, 2.45) is 0 Å². The molecule has 2 heterocycles. The van der Waals surface area contributed by atoms with Gasteiger partial charge in [-0.05, 0) is 48.7 Å². The Bertz CT molecular complexity index is 1340. The molecule has 0 aliphatic carbocycles. The molecule has 0 bridgehead atoms. The number of hydrogen-bond acceptors (Lipinski definition) is 5. The summed E-state index contributed by atoms with van der Waals surface area (Å²) < 4.78 is 27.9. The van der Waals surface area contributed by atoms with Crippen molar-refractivity contribution in [3.05, 3.63) is 94.6 Å². The third-order valence-corrected chi connectivity index (χ3v) is 5.11. The zero-order valence-corrected chi connectivity index (χ0v) is 17.8.